The number of halogens is 4. The Morgan fingerprint density at radius 1 is 1.00 bits per heavy atom. The van der Waals surface area contributed by atoms with Crippen LogP contribution in [-0.4, -0.2) is 5.78 Å². The van der Waals surface area contributed by atoms with Crippen molar-refractivity contribution >= 4 is 17.4 Å². The largest absolute Gasteiger partial charge is 0.294 e. The first-order valence-corrected chi connectivity index (χ1v) is 5.77. The fourth-order valence-electron chi connectivity index (χ4n) is 1.68. The Morgan fingerprint density at radius 2 is 1.53 bits per heavy atom. The van der Waals surface area contributed by atoms with Crippen LogP contribution in [0.5, 0.6) is 0 Å². The maximum absolute atomic E-state index is 13.4. The smallest absolute Gasteiger partial charge is 0.173 e. The lowest BCUT2D eigenvalue weighted by Gasteiger charge is -2.05. The number of rotatable bonds is 3. The Labute approximate surface area is 112 Å². The summed E-state index contributed by atoms with van der Waals surface area (Å²) in [5.74, 6) is -4.21. The van der Waals surface area contributed by atoms with Crippen LogP contribution in [-0.2, 0) is 6.42 Å². The molecule has 0 heterocycles. The molecular weight excluding hydrogens is 277 g/mol. The van der Waals surface area contributed by atoms with Gasteiger partial charge in [-0.15, -0.1) is 0 Å². The molecule has 0 radical (unpaired) electrons. The Balaban J connectivity index is 2.28. The first-order chi connectivity index (χ1) is 8.97. The average molecular weight is 285 g/mol. The van der Waals surface area contributed by atoms with E-state index in [1.165, 1.54) is 0 Å². The van der Waals surface area contributed by atoms with Crippen LogP contribution in [0.25, 0.3) is 0 Å². The van der Waals surface area contributed by atoms with E-state index in [0.29, 0.717) is 22.7 Å². The van der Waals surface area contributed by atoms with Crippen molar-refractivity contribution in [2.45, 2.75) is 6.42 Å². The van der Waals surface area contributed by atoms with E-state index in [0.717, 1.165) is 0 Å². The SMILES string of the molecule is O=C(Cc1ccc(Cl)cc1)c1c(F)cc(F)cc1F. The van der Waals surface area contributed by atoms with Crippen LogP contribution in [0.3, 0.4) is 0 Å². The van der Waals surface area contributed by atoms with Crippen molar-refractivity contribution in [2.75, 3.05) is 0 Å². The number of carbonyl (C=O) groups is 1. The van der Waals surface area contributed by atoms with Crippen molar-refractivity contribution in [3.63, 3.8) is 0 Å². The molecule has 0 amide bonds. The minimum absolute atomic E-state index is 0.184. The van der Waals surface area contributed by atoms with E-state index in [4.69, 9.17) is 11.6 Å². The second-order valence-corrected chi connectivity index (χ2v) is 4.41. The van der Waals surface area contributed by atoms with Gasteiger partial charge in [-0.1, -0.05) is 23.7 Å². The summed E-state index contributed by atoms with van der Waals surface area (Å²) < 4.78 is 39.6. The molecule has 19 heavy (non-hydrogen) atoms. The third-order valence-electron chi connectivity index (χ3n) is 2.56. The molecule has 0 atom stereocenters. The van der Waals surface area contributed by atoms with Crippen LogP contribution >= 0.6 is 11.6 Å². The molecule has 0 aliphatic heterocycles. The molecule has 0 saturated carbocycles. The normalized spacial score (nSPS) is 10.5. The van der Waals surface area contributed by atoms with Crippen LogP contribution < -0.4 is 0 Å². The Bertz CT molecular complexity index is 600. The van der Waals surface area contributed by atoms with Crippen LogP contribution in [0.15, 0.2) is 36.4 Å². The highest BCUT2D eigenvalue weighted by molar-refractivity contribution is 6.30. The van der Waals surface area contributed by atoms with Crippen LogP contribution in [0.2, 0.25) is 5.02 Å². The number of carbonyl (C=O) groups excluding carboxylic acids is 1. The van der Waals surface area contributed by atoms with Gasteiger partial charge >= 0.3 is 0 Å². The molecule has 2 aromatic rings. The molecule has 2 rings (SSSR count). The van der Waals surface area contributed by atoms with Gasteiger partial charge in [-0.05, 0) is 17.7 Å². The molecule has 0 saturated heterocycles. The maximum atomic E-state index is 13.4. The number of hydrogen-bond acceptors (Lipinski definition) is 1. The summed E-state index contributed by atoms with van der Waals surface area (Å²) in [4.78, 5) is 11.8. The zero-order valence-electron chi connectivity index (χ0n) is 9.59. The van der Waals surface area contributed by atoms with Crippen molar-refractivity contribution in [3.8, 4) is 0 Å². The van der Waals surface area contributed by atoms with Crippen molar-refractivity contribution in [1.29, 1.82) is 0 Å². The molecular formula is C14H8ClF3O. The first kappa shape index (κ1) is 13.6. The van der Waals surface area contributed by atoms with E-state index in [2.05, 4.69) is 0 Å². The van der Waals surface area contributed by atoms with Crippen molar-refractivity contribution in [2.24, 2.45) is 0 Å². The van der Waals surface area contributed by atoms with Gasteiger partial charge in [-0.25, -0.2) is 13.2 Å². The molecule has 1 nitrogen and oxygen atoms in total. The van der Waals surface area contributed by atoms with Crippen molar-refractivity contribution in [1.82, 2.24) is 0 Å². The molecule has 98 valence electrons. The van der Waals surface area contributed by atoms with Crippen LogP contribution in [0.1, 0.15) is 15.9 Å². The minimum Gasteiger partial charge on any atom is -0.294 e. The number of Topliss-reactive ketones (excluding diaryl/α,β-unsaturated/α-hetero) is 1. The van der Waals surface area contributed by atoms with Gasteiger partial charge in [0, 0.05) is 23.6 Å². The number of hydrogen-bond donors (Lipinski definition) is 0. The number of ketones is 1. The third kappa shape index (κ3) is 3.15. The highest BCUT2D eigenvalue weighted by Crippen LogP contribution is 2.18. The zero-order chi connectivity index (χ0) is 14.0. The summed E-state index contributed by atoms with van der Waals surface area (Å²) in [6.07, 6.45) is -0.184. The fraction of sp³-hybridized carbons (Fsp3) is 0.0714. The van der Waals surface area contributed by atoms with Crippen molar-refractivity contribution in [3.05, 3.63) is 70.0 Å². The van der Waals surface area contributed by atoms with Gasteiger partial charge in [0.1, 0.15) is 17.5 Å². The van der Waals surface area contributed by atoms with E-state index in [9.17, 15) is 18.0 Å². The molecule has 0 fully saturated rings. The van der Waals surface area contributed by atoms with Gasteiger partial charge in [-0.3, -0.25) is 4.79 Å². The molecule has 0 aliphatic rings. The summed E-state index contributed by atoms with van der Waals surface area (Å²) in [5.41, 5.74) is -0.158. The first-order valence-electron chi connectivity index (χ1n) is 5.39. The van der Waals surface area contributed by atoms with Gasteiger partial charge in [0.15, 0.2) is 5.78 Å². The van der Waals surface area contributed by atoms with Gasteiger partial charge in [-0.2, -0.15) is 0 Å². The van der Waals surface area contributed by atoms with E-state index < -0.39 is 28.8 Å². The quantitative estimate of drug-likeness (QED) is 0.773. The second-order valence-electron chi connectivity index (χ2n) is 3.97. The zero-order valence-corrected chi connectivity index (χ0v) is 10.3. The van der Waals surface area contributed by atoms with Crippen molar-refractivity contribution < 1.29 is 18.0 Å². The summed E-state index contributed by atoms with van der Waals surface area (Å²) >= 11 is 5.69. The monoisotopic (exact) mass is 284 g/mol. The summed E-state index contributed by atoms with van der Waals surface area (Å²) in [6.45, 7) is 0. The molecule has 0 N–H and O–H groups in total. The fourth-order valence-corrected chi connectivity index (χ4v) is 1.81. The van der Waals surface area contributed by atoms with Gasteiger partial charge in [0.2, 0.25) is 0 Å². The molecule has 0 aliphatic carbocycles. The molecule has 2 aromatic carbocycles. The topological polar surface area (TPSA) is 17.1 Å². The third-order valence-corrected chi connectivity index (χ3v) is 2.82. The Morgan fingerprint density at radius 3 is 2.05 bits per heavy atom. The van der Waals surface area contributed by atoms with Crippen LogP contribution in [0, 0.1) is 17.5 Å². The van der Waals surface area contributed by atoms with Gasteiger partial charge in [0.05, 0.1) is 5.56 Å². The predicted molar refractivity (Wildman–Crippen MR) is 65.8 cm³/mol. The molecule has 0 bridgehead atoms. The summed E-state index contributed by atoms with van der Waals surface area (Å²) in [6, 6.07) is 7.28. The maximum Gasteiger partial charge on any atom is 0.173 e. The minimum atomic E-state index is -1.20. The summed E-state index contributed by atoms with van der Waals surface area (Å²) in [5, 5.41) is 0.496. The van der Waals surface area contributed by atoms with E-state index in [-0.39, 0.29) is 6.42 Å². The van der Waals surface area contributed by atoms with E-state index in [1.807, 2.05) is 0 Å². The average Bonchev–Trinajstić information content (AvgIpc) is 2.30. The highest BCUT2D eigenvalue weighted by Gasteiger charge is 2.19. The van der Waals surface area contributed by atoms with Gasteiger partial charge in [0.25, 0.3) is 0 Å². The lowest BCUT2D eigenvalue weighted by molar-refractivity contribution is 0.0984. The van der Waals surface area contributed by atoms with E-state index >= 15 is 0 Å². The molecule has 5 heteroatoms. The number of benzene rings is 2. The standard InChI is InChI=1S/C14H8ClF3O/c15-9-3-1-8(2-4-9)5-13(19)14-11(17)6-10(16)7-12(14)18/h1-4,6-7H,5H2. The lowest BCUT2D eigenvalue weighted by atomic mass is 10.0. The van der Waals surface area contributed by atoms with Crippen LogP contribution in [0.4, 0.5) is 13.2 Å². The highest BCUT2D eigenvalue weighted by atomic mass is 35.5. The molecule has 0 spiro atoms. The van der Waals surface area contributed by atoms with Gasteiger partial charge < -0.3 is 0 Å². The Kier molecular flexibility index (Phi) is 3.90. The molecule has 0 unspecified atom stereocenters. The van der Waals surface area contributed by atoms with E-state index in [1.54, 1.807) is 24.3 Å². The second kappa shape index (κ2) is 5.45. The molecule has 0 aromatic heterocycles. The summed E-state index contributed by atoms with van der Waals surface area (Å²) in [7, 11) is 0. The lowest BCUT2D eigenvalue weighted by Crippen LogP contribution is -2.09. The Hall–Kier alpha value is -1.81. The predicted octanol–water partition coefficient (Wildman–Crippen LogP) is 4.18.